The maximum Gasteiger partial charge on any atom is 0.142 e. The van der Waals surface area contributed by atoms with Crippen molar-refractivity contribution in [3.8, 4) is 5.75 Å². The second-order valence-corrected chi connectivity index (χ2v) is 4.99. The fourth-order valence-corrected chi connectivity index (χ4v) is 1.98. The molecule has 0 aliphatic heterocycles. The summed E-state index contributed by atoms with van der Waals surface area (Å²) >= 11 is 0. The average Bonchev–Trinajstić information content (AvgIpc) is 2.48. The molecule has 4 heteroatoms. The number of nitrogens with one attached hydrogen (secondary N) is 1. The highest BCUT2D eigenvalue weighted by molar-refractivity contribution is 5.29. The number of ether oxygens (including phenoxy) is 1. The molecule has 1 aromatic carbocycles. The molecule has 21 heavy (non-hydrogen) atoms. The second kappa shape index (κ2) is 7.74. The van der Waals surface area contributed by atoms with Crippen LogP contribution in [0.15, 0.2) is 36.4 Å². The Labute approximate surface area is 125 Å². The van der Waals surface area contributed by atoms with Crippen molar-refractivity contribution in [3.05, 3.63) is 59.2 Å². The van der Waals surface area contributed by atoms with Crippen LogP contribution in [0.1, 0.15) is 30.3 Å². The van der Waals surface area contributed by atoms with Crippen LogP contribution in [0.2, 0.25) is 0 Å². The van der Waals surface area contributed by atoms with Crippen LogP contribution in [0, 0.1) is 12.7 Å². The average molecular weight is 288 g/mol. The van der Waals surface area contributed by atoms with Gasteiger partial charge in [-0.1, -0.05) is 19.1 Å². The summed E-state index contributed by atoms with van der Waals surface area (Å²) < 4.78 is 18.7. The van der Waals surface area contributed by atoms with E-state index < -0.39 is 0 Å². The van der Waals surface area contributed by atoms with Gasteiger partial charge in [-0.05, 0) is 49.7 Å². The Morgan fingerprint density at radius 3 is 2.62 bits per heavy atom. The summed E-state index contributed by atoms with van der Waals surface area (Å²) in [5.74, 6) is 0.536. The lowest BCUT2D eigenvalue weighted by atomic mass is 10.2. The van der Waals surface area contributed by atoms with Gasteiger partial charge in [0.15, 0.2) is 0 Å². The molecule has 1 aromatic heterocycles. The van der Waals surface area contributed by atoms with Gasteiger partial charge in [-0.2, -0.15) is 0 Å². The third-order valence-electron chi connectivity index (χ3n) is 3.10. The molecule has 0 amide bonds. The third kappa shape index (κ3) is 4.83. The van der Waals surface area contributed by atoms with Crippen molar-refractivity contribution in [1.82, 2.24) is 10.3 Å². The van der Waals surface area contributed by atoms with E-state index >= 15 is 0 Å². The van der Waals surface area contributed by atoms with Crippen LogP contribution in [0.25, 0.3) is 0 Å². The third-order valence-corrected chi connectivity index (χ3v) is 3.10. The molecule has 0 spiro atoms. The molecular formula is C17H21FN2O. The monoisotopic (exact) mass is 288 g/mol. The number of aromatic nitrogens is 1. The molecule has 0 saturated heterocycles. The molecule has 1 N–H and O–H groups in total. The number of hydrogen-bond acceptors (Lipinski definition) is 3. The normalized spacial score (nSPS) is 10.6. The van der Waals surface area contributed by atoms with Crippen LogP contribution in [0.5, 0.6) is 5.75 Å². The van der Waals surface area contributed by atoms with Gasteiger partial charge in [0, 0.05) is 12.2 Å². The fourth-order valence-electron chi connectivity index (χ4n) is 1.98. The van der Waals surface area contributed by atoms with Gasteiger partial charge in [0.05, 0.1) is 5.69 Å². The predicted molar refractivity (Wildman–Crippen MR) is 81.7 cm³/mol. The number of hydrogen-bond donors (Lipinski definition) is 1. The molecule has 0 radical (unpaired) electrons. The number of nitrogens with zero attached hydrogens (tertiary/aromatic N) is 1. The van der Waals surface area contributed by atoms with Gasteiger partial charge in [0.25, 0.3) is 0 Å². The van der Waals surface area contributed by atoms with Gasteiger partial charge in [0.1, 0.15) is 18.2 Å². The molecule has 0 aliphatic rings. The molecule has 0 aliphatic carbocycles. The maximum absolute atomic E-state index is 12.9. The van der Waals surface area contributed by atoms with Crippen LogP contribution in [-0.4, -0.2) is 11.5 Å². The Kier molecular flexibility index (Phi) is 5.69. The minimum absolute atomic E-state index is 0.236. The van der Waals surface area contributed by atoms with Gasteiger partial charge in [-0.25, -0.2) is 4.39 Å². The molecule has 0 atom stereocenters. The summed E-state index contributed by atoms with van der Waals surface area (Å²) in [6, 6.07) is 10.2. The summed E-state index contributed by atoms with van der Waals surface area (Å²) in [5.41, 5.74) is 2.81. The van der Waals surface area contributed by atoms with E-state index in [-0.39, 0.29) is 5.82 Å². The molecule has 0 unspecified atom stereocenters. The van der Waals surface area contributed by atoms with Gasteiger partial charge in [-0.3, -0.25) is 4.98 Å². The van der Waals surface area contributed by atoms with E-state index in [4.69, 9.17) is 4.74 Å². The second-order valence-electron chi connectivity index (χ2n) is 4.99. The van der Waals surface area contributed by atoms with Gasteiger partial charge in [-0.15, -0.1) is 0 Å². The van der Waals surface area contributed by atoms with Crippen molar-refractivity contribution < 1.29 is 9.13 Å². The quantitative estimate of drug-likeness (QED) is 0.790. The number of aryl methyl sites for hydroxylation is 1. The minimum atomic E-state index is -0.236. The zero-order chi connectivity index (χ0) is 15.1. The lowest BCUT2D eigenvalue weighted by molar-refractivity contribution is 0.300. The first-order chi connectivity index (χ1) is 10.2. The first-order valence-corrected chi connectivity index (χ1v) is 7.23. The summed E-state index contributed by atoms with van der Waals surface area (Å²) in [6.45, 7) is 6.14. The van der Waals surface area contributed by atoms with Crippen molar-refractivity contribution in [2.24, 2.45) is 0 Å². The molecule has 0 bridgehead atoms. The highest BCUT2D eigenvalue weighted by Gasteiger charge is 2.06. The van der Waals surface area contributed by atoms with Crippen LogP contribution >= 0.6 is 0 Å². The van der Waals surface area contributed by atoms with E-state index in [9.17, 15) is 4.39 Å². The smallest absolute Gasteiger partial charge is 0.142 e. The van der Waals surface area contributed by atoms with Crippen molar-refractivity contribution in [3.63, 3.8) is 0 Å². The molecule has 0 fully saturated rings. The van der Waals surface area contributed by atoms with E-state index in [0.717, 1.165) is 35.7 Å². The number of pyridine rings is 1. The van der Waals surface area contributed by atoms with E-state index in [2.05, 4.69) is 17.2 Å². The zero-order valence-electron chi connectivity index (χ0n) is 12.5. The summed E-state index contributed by atoms with van der Waals surface area (Å²) in [5, 5.41) is 3.33. The van der Waals surface area contributed by atoms with Gasteiger partial charge < -0.3 is 10.1 Å². The van der Waals surface area contributed by atoms with E-state index in [1.807, 2.05) is 19.1 Å². The molecular weight excluding hydrogens is 267 g/mol. The van der Waals surface area contributed by atoms with Crippen molar-refractivity contribution in [2.75, 3.05) is 6.54 Å². The standard InChI is InChI=1S/C17H21FN2O/c1-3-10-19-11-16-17(9-4-13(2)20-16)21-12-14-5-7-15(18)8-6-14/h4-9,19H,3,10-12H2,1-2H3. The van der Waals surface area contributed by atoms with Gasteiger partial charge >= 0.3 is 0 Å². The van der Waals surface area contributed by atoms with E-state index in [0.29, 0.717) is 13.2 Å². The summed E-state index contributed by atoms with van der Waals surface area (Å²) in [7, 11) is 0. The Morgan fingerprint density at radius 2 is 1.90 bits per heavy atom. The van der Waals surface area contributed by atoms with Crippen molar-refractivity contribution >= 4 is 0 Å². The number of rotatable bonds is 7. The zero-order valence-corrected chi connectivity index (χ0v) is 12.5. The lowest BCUT2D eigenvalue weighted by Crippen LogP contribution is -2.16. The van der Waals surface area contributed by atoms with Crippen LogP contribution < -0.4 is 10.1 Å². The minimum Gasteiger partial charge on any atom is -0.487 e. The number of halogens is 1. The first-order valence-electron chi connectivity index (χ1n) is 7.23. The highest BCUT2D eigenvalue weighted by atomic mass is 19.1. The van der Waals surface area contributed by atoms with Gasteiger partial charge in [0.2, 0.25) is 0 Å². The molecule has 2 aromatic rings. The highest BCUT2D eigenvalue weighted by Crippen LogP contribution is 2.18. The largest absolute Gasteiger partial charge is 0.487 e. The molecule has 3 nitrogen and oxygen atoms in total. The first kappa shape index (κ1) is 15.4. The molecule has 1 heterocycles. The maximum atomic E-state index is 12.9. The Balaban J connectivity index is 2.02. The molecule has 0 saturated carbocycles. The lowest BCUT2D eigenvalue weighted by Gasteiger charge is -2.12. The summed E-state index contributed by atoms with van der Waals surface area (Å²) in [4.78, 5) is 4.52. The molecule has 2 rings (SSSR count). The predicted octanol–water partition coefficient (Wildman–Crippen LogP) is 3.61. The molecule has 112 valence electrons. The van der Waals surface area contributed by atoms with Crippen LogP contribution in [0.3, 0.4) is 0 Å². The van der Waals surface area contributed by atoms with Crippen molar-refractivity contribution in [2.45, 2.75) is 33.4 Å². The van der Waals surface area contributed by atoms with E-state index in [1.165, 1.54) is 12.1 Å². The SMILES string of the molecule is CCCNCc1nc(C)ccc1OCc1ccc(F)cc1. The topological polar surface area (TPSA) is 34.2 Å². The van der Waals surface area contributed by atoms with E-state index in [1.54, 1.807) is 12.1 Å². The Bertz CT molecular complexity index is 570. The summed E-state index contributed by atoms with van der Waals surface area (Å²) in [6.07, 6.45) is 1.08. The Morgan fingerprint density at radius 1 is 1.14 bits per heavy atom. The van der Waals surface area contributed by atoms with Crippen LogP contribution in [0.4, 0.5) is 4.39 Å². The van der Waals surface area contributed by atoms with Crippen LogP contribution in [-0.2, 0) is 13.2 Å². The number of benzene rings is 1. The van der Waals surface area contributed by atoms with Crippen molar-refractivity contribution in [1.29, 1.82) is 0 Å². The Hall–Kier alpha value is -1.94. The fraction of sp³-hybridized carbons (Fsp3) is 0.353.